The third kappa shape index (κ3) is 3.90. The zero-order valence-corrected chi connectivity index (χ0v) is 18.7. The number of tetrazole rings is 1. The van der Waals surface area contributed by atoms with Crippen molar-refractivity contribution < 1.29 is 4.90 Å². The summed E-state index contributed by atoms with van der Waals surface area (Å²) in [5.41, 5.74) is 2.57. The van der Waals surface area contributed by atoms with E-state index in [4.69, 9.17) is 0 Å². The highest BCUT2D eigenvalue weighted by Crippen LogP contribution is 2.24. The molecule has 160 valence electrons. The SMILES string of the molecule is CCc1ccc2[nH]c(=O)c([C@@H](c3nnnn3C(C)(C)C)[NH+]3CCC(C)CC3)cc2c1. The second-order valence-electron chi connectivity index (χ2n) is 9.72. The van der Waals surface area contributed by atoms with Gasteiger partial charge >= 0.3 is 0 Å². The van der Waals surface area contributed by atoms with Crippen molar-refractivity contribution in [3.05, 3.63) is 51.6 Å². The largest absolute Gasteiger partial charge is 0.322 e. The van der Waals surface area contributed by atoms with Gasteiger partial charge in [-0.1, -0.05) is 19.9 Å². The number of nitrogens with zero attached hydrogens (tertiary/aromatic N) is 4. The molecule has 7 nitrogen and oxygen atoms in total. The van der Waals surface area contributed by atoms with Crippen LogP contribution >= 0.6 is 0 Å². The van der Waals surface area contributed by atoms with Crippen LogP contribution in [0, 0.1) is 5.92 Å². The fourth-order valence-corrected chi connectivity index (χ4v) is 4.52. The van der Waals surface area contributed by atoms with Gasteiger partial charge in [-0.2, -0.15) is 0 Å². The lowest BCUT2D eigenvalue weighted by molar-refractivity contribution is -0.932. The molecule has 1 aromatic carbocycles. The van der Waals surface area contributed by atoms with Gasteiger partial charge in [0.25, 0.3) is 5.56 Å². The summed E-state index contributed by atoms with van der Waals surface area (Å²) in [6.07, 6.45) is 3.26. The quantitative estimate of drug-likeness (QED) is 0.692. The molecule has 2 aromatic heterocycles. The molecule has 7 heteroatoms. The molecule has 1 saturated heterocycles. The summed E-state index contributed by atoms with van der Waals surface area (Å²) in [6.45, 7) is 12.7. The van der Waals surface area contributed by atoms with Gasteiger partial charge in [0.05, 0.1) is 24.2 Å². The van der Waals surface area contributed by atoms with E-state index in [9.17, 15) is 4.79 Å². The van der Waals surface area contributed by atoms with Crippen LogP contribution in [0.4, 0.5) is 0 Å². The molecule has 3 heterocycles. The van der Waals surface area contributed by atoms with Crippen LogP contribution in [-0.2, 0) is 12.0 Å². The number of fused-ring (bicyclic) bond motifs is 1. The summed E-state index contributed by atoms with van der Waals surface area (Å²) in [4.78, 5) is 17.7. The molecule has 30 heavy (non-hydrogen) atoms. The molecule has 3 aromatic rings. The number of benzene rings is 1. The highest BCUT2D eigenvalue weighted by atomic mass is 16.1. The summed E-state index contributed by atoms with van der Waals surface area (Å²) in [5.74, 6) is 1.48. The third-order valence-electron chi connectivity index (χ3n) is 6.37. The minimum Gasteiger partial charge on any atom is -0.322 e. The van der Waals surface area contributed by atoms with E-state index in [1.165, 1.54) is 10.5 Å². The van der Waals surface area contributed by atoms with Gasteiger partial charge in [-0.15, -0.1) is 5.10 Å². The number of piperidine rings is 1. The van der Waals surface area contributed by atoms with Crippen molar-refractivity contribution in [2.24, 2.45) is 5.92 Å². The number of hydrogen-bond acceptors (Lipinski definition) is 4. The molecule has 1 aliphatic heterocycles. The van der Waals surface area contributed by atoms with Crippen molar-refractivity contribution in [1.29, 1.82) is 0 Å². The maximum absolute atomic E-state index is 13.2. The molecule has 0 bridgehead atoms. The monoisotopic (exact) mass is 409 g/mol. The molecule has 0 unspecified atom stereocenters. The highest BCUT2D eigenvalue weighted by molar-refractivity contribution is 5.79. The van der Waals surface area contributed by atoms with Crippen molar-refractivity contribution in [2.75, 3.05) is 13.1 Å². The van der Waals surface area contributed by atoms with Crippen LogP contribution in [0.5, 0.6) is 0 Å². The lowest BCUT2D eigenvalue weighted by atomic mass is 9.94. The Morgan fingerprint density at radius 1 is 1.23 bits per heavy atom. The van der Waals surface area contributed by atoms with E-state index in [0.717, 1.165) is 60.6 Å². The number of H-pyrrole nitrogens is 1. The van der Waals surface area contributed by atoms with Gasteiger partial charge in [-0.05, 0) is 85.5 Å². The third-order valence-corrected chi connectivity index (χ3v) is 6.37. The zero-order valence-electron chi connectivity index (χ0n) is 18.7. The molecule has 0 spiro atoms. The first-order valence-corrected chi connectivity index (χ1v) is 11.1. The van der Waals surface area contributed by atoms with Gasteiger partial charge in [-0.25, -0.2) is 4.68 Å². The molecular weight excluding hydrogens is 376 g/mol. The Kier molecular flexibility index (Phi) is 5.49. The highest BCUT2D eigenvalue weighted by Gasteiger charge is 2.37. The second-order valence-corrected chi connectivity index (χ2v) is 9.72. The molecule has 1 atom stereocenters. The van der Waals surface area contributed by atoms with Crippen LogP contribution in [0.25, 0.3) is 10.9 Å². The number of quaternary nitrogens is 1. The molecule has 0 saturated carbocycles. The topological polar surface area (TPSA) is 80.9 Å². The van der Waals surface area contributed by atoms with E-state index < -0.39 is 0 Å². The molecule has 1 fully saturated rings. The summed E-state index contributed by atoms with van der Waals surface area (Å²) in [6, 6.07) is 8.12. The molecule has 2 N–H and O–H groups in total. The number of likely N-dealkylation sites (tertiary alicyclic amines) is 1. The van der Waals surface area contributed by atoms with E-state index >= 15 is 0 Å². The molecule has 1 aliphatic rings. The van der Waals surface area contributed by atoms with Crippen LogP contribution < -0.4 is 10.5 Å². The van der Waals surface area contributed by atoms with Crippen molar-refractivity contribution in [3.63, 3.8) is 0 Å². The Labute approximate surface area is 177 Å². The number of aromatic nitrogens is 5. The van der Waals surface area contributed by atoms with E-state index in [2.05, 4.69) is 73.3 Å². The first kappa shape index (κ1) is 20.7. The number of hydrogen-bond donors (Lipinski definition) is 2. The minimum atomic E-state index is -0.265. The lowest BCUT2D eigenvalue weighted by Crippen LogP contribution is -3.13. The second kappa shape index (κ2) is 7.95. The zero-order chi connectivity index (χ0) is 21.5. The van der Waals surface area contributed by atoms with Crippen LogP contribution in [0.2, 0.25) is 0 Å². The normalized spacial score (nSPS) is 21.1. The van der Waals surface area contributed by atoms with Gasteiger partial charge in [0, 0.05) is 5.52 Å². The summed E-state index contributed by atoms with van der Waals surface area (Å²) in [5, 5.41) is 13.8. The predicted molar refractivity (Wildman–Crippen MR) is 118 cm³/mol. The van der Waals surface area contributed by atoms with E-state index in [1.807, 2.05) is 10.7 Å². The van der Waals surface area contributed by atoms with Crippen molar-refractivity contribution >= 4 is 10.9 Å². The Hall–Kier alpha value is -2.54. The Morgan fingerprint density at radius 3 is 2.63 bits per heavy atom. The maximum atomic E-state index is 13.2. The minimum absolute atomic E-state index is 0.0497. The number of rotatable bonds is 4. The van der Waals surface area contributed by atoms with Crippen LogP contribution in [0.3, 0.4) is 0 Å². The van der Waals surface area contributed by atoms with Gasteiger partial charge in [0.15, 0.2) is 6.04 Å². The number of pyridine rings is 1. The Balaban J connectivity index is 1.89. The molecule has 0 aliphatic carbocycles. The van der Waals surface area contributed by atoms with Crippen molar-refractivity contribution in [3.8, 4) is 0 Å². The molecule has 0 amide bonds. The van der Waals surface area contributed by atoms with Crippen LogP contribution in [0.1, 0.15) is 70.5 Å². The van der Waals surface area contributed by atoms with Crippen molar-refractivity contribution in [1.82, 2.24) is 25.2 Å². The van der Waals surface area contributed by atoms with Crippen LogP contribution in [-0.4, -0.2) is 38.3 Å². The van der Waals surface area contributed by atoms with Gasteiger partial charge in [-0.3, -0.25) is 4.79 Å². The molecular formula is C23H33N6O+. The maximum Gasteiger partial charge on any atom is 0.258 e. The standard InChI is InChI=1S/C23H32N6O/c1-6-16-7-8-19-17(13-16)14-18(22(30)24-19)20(28-11-9-15(2)10-12-28)21-25-26-27-29(21)23(3,4)5/h7-8,13-15,20H,6,9-12H2,1-5H3,(H,24,30)/p+1/t20-/m0/s1. The Bertz CT molecular complexity index is 1090. The van der Waals surface area contributed by atoms with E-state index in [-0.39, 0.29) is 17.1 Å². The van der Waals surface area contributed by atoms with E-state index in [1.54, 1.807) is 0 Å². The number of nitrogens with one attached hydrogen (secondary N) is 2. The summed E-state index contributed by atoms with van der Waals surface area (Å²) in [7, 11) is 0. The first-order chi connectivity index (χ1) is 14.3. The van der Waals surface area contributed by atoms with Gasteiger partial charge in [0.2, 0.25) is 5.82 Å². The average Bonchev–Trinajstić information content (AvgIpc) is 3.19. The van der Waals surface area contributed by atoms with Gasteiger partial charge in [0.1, 0.15) is 0 Å². The van der Waals surface area contributed by atoms with Gasteiger partial charge < -0.3 is 9.88 Å². The first-order valence-electron chi connectivity index (χ1n) is 11.1. The fourth-order valence-electron chi connectivity index (χ4n) is 4.52. The molecule has 4 rings (SSSR count). The number of aromatic amines is 1. The summed E-state index contributed by atoms with van der Waals surface area (Å²) >= 11 is 0. The lowest BCUT2D eigenvalue weighted by Gasteiger charge is -2.34. The van der Waals surface area contributed by atoms with E-state index in [0.29, 0.717) is 0 Å². The Morgan fingerprint density at radius 2 is 1.97 bits per heavy atom. The summed E-state index contributed by atoms with van der Waals surface area (Å²) < 4.78 is 1.88. The average molecular weight is 410 g/mol. The predicted octanol–water partition coefficient (Wildman–Crippen LogP) is 2.24. The smallest absolute Gasteiger partial charge is 0.258 e. The van der Waals surface area contributed by atoms with Crippen molar-refractivity contribution in [2.45, 2.75) is 65.5 Å². The fraction of sp³-hybridized carbons (Fsp3) is 0.565. The van der Waals surface area contributed by atoms with Crippen LogP contribution in [0.15, 0.2) is 29.1 Å². The number of aryl methyl sites for hydroxylation is 1. The molecule has 0 radical (unpaired) electrons.